The summed E-state index contributed by atoms with van der Waals surface area (Å²) in [5, 5.41) is 8.69. The predicted molar refractivity (Wildman–Crippen MR) is 62.8 cm³/mol. The number of hydrogen-bond donors (Lipinski definition) is 2. The lowest BCUT2D eigenvalue weighted by atomic mass is 10.1. The molecule has 0 fully saturated rings. The highest BCUT2D eigenvalue weighted by molar-refractivity contribution is 5.42. The minimum Gasteiger partial charge on any atom is -0.497 e. The van der Waals surface area contributed by atoms with Crippen LogP contribution in [0.4, 0.5) is 0 Å². The molecular formula is C12H19NO3. The molecule has 0 aliphatic rings. The molecule has 0 heterocycles. The van der Waals surface area contributed by atoms with Crippen molar-refractivity contribution in [2.45, 2.75) is 19.4 Å². The van der Waals surface area contributed by atoms with Gasteiger partial charge in [-0.15, -0.1) is 0 Å². The number of rotatable bonds is 6. The van der Waals surface area contributed by atoms with Crippen molar-refractivity contribution in [1.29, 1.82) is 0 Å². The molecule has 0 unspecified atom stereocenters. The molecule has 1 rings (SSSR count). The van der Waals surface area contributed by atoms with E-state index >= 15 is 0 Å². The molecule has 0 amide bonds. The van der Waals surface area contributed by atoms with E-state index in [2.05, 4.69) is 0 Å². The van der Waals surface area contributed by atoms with Gasteiger partial charge in [-0.1, -0.05) is 6.07 Å². The summed E-state index contributed by atoms with van der Waals surface area (Å²) < 4.78 is 10.7. The summed E-state index contributed by atoms with van der Waals surface area (Å²) in [4.78, 5) is 0. The Morgan fingerprint density at radius 1 is 1.44 bits per heavy atom. The molecule has 1 aromatic rings. The summed E-state index contributed by atoms with van der Waals surface area (Å²) in [7, 11) is 1.61. The SMILES string of the molecule is COc1ccc([C@@H](C)N)c(OCCCO)c1. The fourth-order valence-corrected chi connectivity index (χ4v) is 1.39. The van der Waals surface area contributed by atoms with Gasteiger partial charge in [0.05, 0.1) is 13.7 Å². The van der Waals surface area contributed by atoms with Gasteiger partial charge >= 0.3 is 0 Å². The number of nitrogens with two attached hydrogens (primary N) is 1. The van der Waals surface area contributed by atoms with Gasteiger partial charge in [0.15, 0.2) is 0 Å². The van der Waals surface area contributed by atoms with E-state index in [9.17, 15) is 0 Å². The van der Waals surface area contributed by atoms with Crippen molar-refractivity contribution in [3.05, 3.63) is 23.8 Å². The minimum atomic E-state index is -0.0879. The average molecular weight is 225 g/mol. The van der Waals surface area contributed by atoms with Crippen LogP contribution in [0.2, 0.25) is 0 Å². The van der Waals surface area contributed by atoms with E-state index in [1.807, 2.05) is 25.1 Å². The van der Waals surface area contributed by atoms with E-state index in [-0.39, 0.29) is 12.6 Å². The molecule has 0 aliphatic carbocycles. The highest BCUT2D eigenvalue weighted by Gasteiger charge is 2.09. The van der Waals surface area contributed by atoms with Crippen LogP contribution in [-0.4, -0.2) is 25.4 Å². The van der Waals surface area contributed by atoms with Crippen molar-refractivity contribution >= 4 is 0 Å². The van der Waals surface area contributed by atoms with Crippen LogP contribution < -0.4 is 15.2 Å². The topological polar surface area (TPSA) is 64.7 Å². The predicted octanol–water partition coefficient (Wildman–Crippen LogP) is 1.48. The second-order valence-corrected chi connectivity index (χ2v) is 3.62. The third-order valence-electron chi connectivity index (χ3n) is 2.27. The fourth-order valence-electron chi connectivity index (χ4n) is 1.39. The van der Waals surface area contributed by atoms with Gasteiger partial charge in [-0.05, 0) is 13.0 Å². The van der Waals surface area contributed by atoms with E-state index in [4.69, 9.17) is 20.3 Å². The van der Waals surface area contributed by atoms with Gasteiger partial charge in [0.25, 0.3) is 0 Å². The first-order chi connectivity index (χ1) is 7.69. The highest BCUT2D eigenvalue weighted by atomic mass is 16.5. The summed E-state index contributed by atoms with van der Waals surface area (Å²) in [6.45, 7) is 2.50. The number of ether oxygens (including phenoxy) is 2. The Bertz CT molecular complexity index is 326. The molecule has 1 atom stereocenters. The molecular weight excluding hydrogens is 206 g/mol. The van der Waals surface area contributed by atoms with Gasteiger partial charge in [0.2, 0.25) is 0 Å². The molecule has 4 nitrogen and oxygen atoms in total. The molecule has 4 heteroatoms. The quantitative estimate of drug-likeness (QED) is 0.720. The normalized spacial score (nSPS) is 12.2. The summed E-state index contributed by atoms with van der Waals surface area (Å²) in [6.07, 6.45) is 0.607. The van der Waals surface area contributed by atoms with Gasteiger partial charge in [0.1, 0.15) is 11.5 Å². The molecule has 16 heavy (non-hydrogen) atoms. The third-order valence-corrected chi connectivity index (χ3v) is 2.27. The largest absolute Gasteiger partial charge is 0.497 e. The van der Waals surface area contributed by atoms with Crippen molar-refractivity contribution in [2.24, 2.45) is 5.73 Å². The van der Waals surface area contributed by atoms with Crippen LogP contribution in [0.25, 0.3) is 0 Å². The van der Waals surface area contributed by atoms with Crippen molar-refractivity contribution in [2.75, 3.05) is 20.3 Å². The van der Waals surface area contributed by atoms with Crippen LogP contribution in [-0.2, 0) is 0 Å². The molecule has 0 aromatic heterocycles. The van der Waals surface area contributed by atoms with E-state index < -0.39 is 0 Å². The first kappa shape index (κ1) is 12.8. The Hall–Kier alpha value is -1.26. The zero-order chi connectivity index (χ0) is 12.0. The number of aliphatic hydroxyl groups is 1. The monoisotopic (exact) mass is 225 g/mol. The lowest BCUT2D eigenvalue weighted by molar-refractivity contribution is 0.231. The molecule has 3 N–H and O–H groups in total. The minimum absolute atomic E-state index is 0.0879. The van der Waals surface area contributed by atoms with Gasteiger partial charge in [-0.2, -0.15) is 0 Å². The molecule has 1 aromatic carbocycles. The molecule has 0 spiro atoms. The number of benzene rings is 1. The van der Waals surface area contributed by atoms with Crippen LogP contribution in [0.15, 0.2) is 18.2 Å². The number of aliphatic hydroxyl groups excluding tert-OH is 1. The van der Waals surface area contributed by atoms with Crippen LogP contribution >= 0.6 is 0 Å². The first-order valence-corrected chi connectivity index (χ1v) is 5.36. The van der Waals surface area contributed by atoms with Crippen LogP contribution in [0.5, 0.6) is 11.5 Å². The smallest absolute Gasteiger partial charge is 0.127 e. The molecule has 0 saturated carbocycles. The Morgan fingerprint density at radius 3 is 2.75 bits per heavy atom. The van der Waals surface area contributed by atoms with Gasteiger partial charge in [-0.25, -0.2) is 0 Å². The lowest BCUT2D eigenvalue weighted by Gasteiger charge is -2.14. The van der Waals surface area contributed by atoms with E-state index in [0.29, 0.717) is 13.0 Å². The lowest BCUT2D eigenvalue weighted by Crippen LogP contribution is -2.09. The van der Waals surface area contributed by atoms with Crippen molar-refractivity contribution in [1.82, 2.24) is 0 Å². The maximum absolute atomic E-state index is 8.69. The summed E-state index contributed by atoms with van der Waals surface area (Å²) >= 11 is 0. The van der Waals surface area contributed by atoms with Crippen LogP contribution in [0.1, 0.15) is 24.9 Å². The van der Waals surface area contributed by atoms with Gasteiger partial charge in [-0.3, -0.25) is 0 Å². The van der Waals surface area contributed by atoms with E-state index in [0.717, 1.165) is 17.1 Å². The Labute approximate surface area is 96.0 Å². The van der Waals surface area contributed by atoms with Gasteiger partial charge < -0.3 is 20.3 Å². The van der Waals surface area contributed by atoms with E-state index in [1.165, 1.54) is 0 Å². The maximum atomic E-state index is 8.69. The summed E-state index contributed by atoms with van der Waals surface area (Å²) in [6, 6.07) is 5.49. The second-order valence-electron chi connectivity index (χ2n) is 3.62. The number of methoxy groups -OCH3 is 1. The van der Waals surface area contributed by atoms with Crippen molar-refractivity contribution < 1.29 is 14.6 Å². The Kier molecular flexibility index (Phi) is 5.08. The van der Waals surface area contributed by atoms with E-state index in [1.54, 1.807) is 7.11 Å². The summed E-state index contributed by atoms with van der Waals surface area (Å²) in [5.41, 5.74) is 6.78. The standard InChI is InChI=1S/C12H19NO3/c1-9(13)11-5-4-10(15-2)8-12(11)16-7-3-6-14/h4-5,8-9,14H,3,6-7,13H2,1-2H3/t9-/m1/s1. The average Bonchev–Trinajstić information content (AvgIpc) is 2.29. The first-order valence-electron chi connectivity index (χ1n) is 5.36. The maximum Gasteiger partial charge on any atom is 0.127 e. The fraction of sp³-hybridized carbons (Fsp3) is 0.500. The van der Waals surface area contributed by atoms with Crippen molar-refractivity contribution in [3.63, 3.8) is 0 Å². The van der Waals surface area contributed by atoms with Crippen molar-refractivity contribution in [3.8, 4) is 11.5 Å². The Morgan fingerprint density at radius 2 is 2.19 bits per heavy atom. The van der Waals surface area contributed by atoms with Crippen LogP contribution in [0.3, 0.4) is 0 Å². The summed E-state index contributed by atoms with van der Waals surface area (Å²) in [5.74, 6) is 1.46. The Balaban J connectivity index is 2.83. The molecule has 0 aliphatic heterocycles. The molecule has 90 valence electrons. The van der Waals surface area contributed by atoms with Gasteiger partial charge in [0, 0.05) is 30.7 Å². The molecule has 0 bridgehead atoms. The van der Waals surface area contributed by atoms with Crippen LogP contribution in [0, 0.1) is 0 Å². The highest BCUT2D eigenvalue weighted by Crippen LogP contribution is 2.28. The third kappa shape index (κ3) is 3.40. The zero-order valence-electron chi connectivity index (χ0n) is 9.77. The molecule has 0 saturated heterocycles. The number of hydrogen-bond acceptors (Lipinski definition) is 4. The zero-order valence-corrected chi connectivity index (χ0v) is 9.77. The second kappa shape index (κ2) is 6.35. The molecule has 0 radical (unpaired) electrons.